The van der Waals surface area contributed by atoms with Crippen molar-refractivity contribution in [1.29, 1.82) is 0 Å². The van der Waals surface area contributed by atoms with Gasteiger partial charge in [-0.1, -0.05) is 0 Å². The summed E-state index contributed by atoms with van der Waals surface area (Å²) in [4.78, 5) is 11.2. The van der Waals surface area contributed by atoms with Gasteiger partial charge in [-0.05, 0) is 35.8 Å². The third-order valence-corrected chi connectivity index (χ3v) is 4.12. The Morgan fingerprint density at radius 1 is 1.37 bits per heavy atom. The number of hydrogen-bond donors (Lipinski definition) is 0. The number of aromatic nitrogens is 3. The molecule has 0 aromatic carbocycles. The molecule has 3 rings (SSSR count). The Hall–Kier alpha value is -0.980. The van der Waals surface area contributed by atoms with Gasteiger partial charge < -0.3 is 4.74 Å². The normalized spacial score (nSPS) is 25.0. The Morgan fingerprint density at radius 3 is 2.79 bits per heavy atom. The van der Waals surface area contributed by atoms with Gasteiger partial charge in [-0.2, -0.15) is 0 Å². The maximum absolute atomic E-state index is 5.75. The summed E-state index contributed by atoms with van der Waals surface area (Å²) in [6.07, 6.45) is 4.28. The molecule has 1 aliphatic heterocycles. The van der Waals surface area contributed by atoms with Gasteiger partial charge in [0.15, 0.2) is 0 Å². The van der Waals surface area contributed by atoms with Crippen molar-refractivity contribution in [2.45, 2.75) is 32.6 Å². The third-order valence-electron chi connectivity index (χ3n) is 3.28. The second-order valence-electron chi connectivity index (χ2n) is 5.09. The van der Waals surface area contributed by atoms with Crippen LogP contribution in [0.1, 0.15) is 19.5 Å². The summed E-state index contributed by atoms with van der Waals surface area (Å²) in [5.41, 5.74) is 1.03. The van der Waals surface area contributed by atoms with Crippen molar-refractivity contribution in [3.05, 3.63) is 28.8 Å². The molecule has 2 aromatic heterocycles. The Bertz CT molecular complexity index is 575. The Labute approximate surface area is 120 Å². The van der Waals surface area contributed by atoms with Crippen LogP contribution in [0.5, 0.6) is 0 Å². The summed E-state index contributed by atoms with van der Waals surface area (Å²) in [6.45, 7) is 6.93. The summed E-state index contributed by atoms with van der Waals surface area (Å²) in [7, 11) is 0. The molecule has 0 saturated carbocycles. The summed E-state index contributed by atoms with van der Waals surface area (Å²) in [5.74, 6) is 0.735. The molecule has 1 aliphatic rings. The summed E-state index contributed by atoms with van der Waals surface area (Å²) in [6, 6.07) is 1.90. The average molecular weight is 325 g/mol. The summed E-state index contributed by atoms with van der Waals surface area (Å²) < 4.78 is 8.70. The van der Waals surface area contributed by atoms with E-state index in [9.17, 15) is 0 Å². The highest BCUT2D eigenvalue weighted by Gasteiger charge is 2.23. The summed E-state index contributed by atoms with van der Waals surface area (Å²) >= 11 is 3.61. The number of halogens is 1. The van der Waals surface area contributed by atoms with Crippen molar-refractivity contribution in [3.8, 4) is 0 Å². The first-order valence-electron chi connectivity index (χ1n) is 6.48. The lowest BCUT2D eigenvalue weighted by atomic mass is 10.2. The molecular weight excluding hydrogens is 308 g/mol. The molecule has 2 atom stereocenters. The van der Waals surface area contributed by atoms with Crippen molar-refractivity contribution in [1.82, 2.24) is 19.3 Å². The van der Waals surface area contributed by atoms with Crippen LogP contribution in [0.15, 0.2) is 23.1 Å². The minimum atomic E-state index is 0.276. The molecule has 5 nitrogen and oxygen atoms in total. The molecule has 0 N–H and O–H groups in total. The van der Waals surface area contributed by atoms with Gasteiger partial charge in [0.25, 0.3) is 0 Å². The topological polar surface area (TPSA) is 42.7 Å². The highest BCUT2D eigenvalue weighted by atomic mass is 79.9. The van der Waals surface area contributed by atoms with E-state index in [-0.39, 0.29) is 12.2 Å². The van der Waals surface area contributed by atoms with Gasteiger partial charge in [0.1, 0.15) is 4.60 Å². The van der Waals surface area contributed by atoms with Gasteiger partial charge in [-0.15, -0.1) is 0 Å². The zero-order chi connectivity index (χ0) is 13.4. The van der Waals surface area contributed by atoms with Crippen LogP contribution >= 0.6 is 15.9 Å². The number of morpholine rings is 1. The predicted molar refractivity (Wildman–Crippen MR) is 76.0 cm³/mol. The molecule has 1 fully saturated rings. The predicted octanol–water partition coefficient (Wildman–Crippen LogP) is 2.10. The standard InChI is InChI=1S/C13H17BrN4O/c1-9-6-17(7-10(2)19-9)8-11-12(14)18-5-3-4-15-13(18)16-11/h3-5,9-10H,6-8H2,1-2H3. The van der Waals surface area contributed by atoms with E-state index in [1.807, 2.05) is 16.7 Å². The second kappa shape index (κ2) is 5.19. The van der Waals surface area contributed by atoms with Gasteiger partial charge >= 0.3 is 0 Å². The highest BCUT2D eigenvalue weighted by molar-refractivity contribution is 9.10. The van der Waals surface area contributed by atoms with Crippen LogP contribution in [-0.2, 0) is 11.3 Å². The van der Waals surface area contributed by atoms with Crippen LogP contribution in [-0.4, -0.2) is 44.6 Å². The van der Waals surface area contributed by atoms with E-state index in [0.717, 1.165) is 35.7 Å². The number of fused-ring (bicyclic) bond motifs is 1. The molecule has 2 aromatic rings. The monoisotopic (exact) mass is 324 g/mol. The first-order valence-corrected chi connectivity index (χ1v) is 7.28. The first-order chi connectivity index (χ1) is 9.13. The number of ether oxygens (including phenoxy) is 1. The molecule has 0 bridgehead atoms. The molecule has 3 heterocycles. The zero-order valence-corrected chi connectivity index (χ0v) is 12.7. The van der Waals surface area contributed by atoms with Crippen molar-refractivity contribution >= 4 is 21.7 Å². The fourth-order valence-corrected chi connectivity index (χ4v) is 3.12. The lowest BCUT2D eigenvalue weighted by Crippen LogP contribution is -2.44. The molecule has 0 spiro atoms. The Balaban J connectivity index is 1.83. The van der Waals surface area contributed by atoms with Crippen LogP contribution in [0.2, 0.25) is 0 Å². The fraction of sp³-hybridized carbons (Fsp3) is 0.538. The second-order valence-corrected chi connectivity index (χ2v) is 5.84. The van der Waals surface area contributed by atoms with Gasteiger partial charge in [-0.25, -0.2) is 9.97 Å². The van der Waals surface area contributed by atoms with Crippen molar-refractivity contribution in [3.63, 3.8) is 0 Å². The zero-order valence-electron chi connectivity index (χ0n) is 11.1. The number of nitrogens with zero attached hydrogens (tertiary/aromatic N) is 4. The van der Waals surface area contributed by atoms with Crippen LogP contribution in [0.25, 0.3) is 5.78 Å². The Morgan fingerprint density at radius 2 is 2.11 bits per heavy atom. The molecule has 0 aliphatic carbocycles. The molecule has 0 amide bonds. The number of hydrogen-bond acceptors (Lipinski definition) is 4. The maximum atomic E-state index is 5.75. The molecule has 102 valence electrons. The largest absolute Gasteiger partial charge is 0.373 e. The number of rotatable bonds is 2. The van der Waals surface area contributed by atoms with Crippen LogP contribution in [0, 0.1) is 0 Å². The molecule has 1 saturated heterocycles. The lowest BCUT2D eigenvalue weighted by molar-refractivity contribution is -0.0707. The molecule has 19 heavy (non-hydrogen) atoms. The minimum absolute atomic E-state index is 0.276. The summed E-state index contributed by atoms with van der Waals surface area (Å²) in [5, 5.41) is 0. The molecular formula is C13H17BrN4O. The lowest BCUT2D eigenvalue weighted by Gasteiger charge is -2.34. The van der Waals surface area contributed by atoms with Crippen molar-refractivity contribution in [2.75, 3.05) is 13.1 Å². The van der Waals surface area contributed by atoms with E-state index >= 15 is 0 Å². The SMILES string of the molecule is CC1CN(Cc2nc3ncccn3c2Br)CC(C)O1. The van der Waals surface area contributed by atoms with Gasteiger partial charge in [0.05, 0.1) is 17.9 Å². The van der Waals surface area contributed by atoms with E-state index < -0.39 is 0 Å². The van der Waals surface area contributed by atoms with Gasteiger partial charge in [0.2, 0.25) is 5.78 Å². The van der Waals surface area contributed by atoms with E-state index in [0.29, 0.717) is 0 Å². The average Bonchev–Trinajstić information content (AvgIpc) is 2.66. The number of imidazole rings is 1. The van der Waals surface area contributed by atoms with Crippen LogP contribution < -0.4 is 0 Å². The highest BCUT2D eigenvalue weighted by Crippen LogP contribution is 2.21. The molecule has 2 unspecified atom stereocenters. The maximum Gasteiger partial charge on any atom is 0.234 e. The minimum Gasteiger partial charge on any atom is -0.373 e. The van der Waals surface area contributed by atoms with E-state index in [4.69, 9.17) is 4.74 Å². The smallest absolute Gasteiger partial charge is 0.234 e. The third kappa shape index (κ3) is 2.66. The van der Waals surface area contributed by atoms with Crippen LogP contribution in [0.4, 0.5) is 0 Å². The first kappa shape index (κ1) is 13.0. The fourth-order valence-electron chi connectivity index (χ4n) is 2.63. The van der Waals surface area contributed by atoms with E-state index in [1.54, 1.807) is 6.20 Å². The molecule has 0 radical (unpaired) electrons. The van der Waals surface area contributed by atoms with Crippen LogP contribution in [0.3, 0.4) is 0 Å². The quantitative estimate of drug-likeness (QED) is 0.848. The Kier molecular flexibility index (Phi) is 3.56. The van der Waals surface area contributed by atoms with Gasteiger partial charge in [0, 0.05) is 32.0 Å². The molecule has 6 heteroatoms. The van der Waals surface area contributed by atoms with E-state index in [2.05, 4.69) is 44.6 Å². The van der Waals surface area contributed by atoms with Crippen molar-refractivity contribution in [2.24, 2.45) is 0 Å². The van der Waals surface area contributed by atoms with E-state index in [1.165, 1.54) is 0 Å². The van der Waals surface area contributed by atoms with Crippen molar-refractivity contribution < 1.29 is 4.74 Å². The van der Waals surface area contributed by atoms with Gasteiger partial charge in [-0.3, -0.25) is 9.30 Å².